The fourth-order valence-electron chi connectivity index (χ4n) is 1.55. The lowest BCUT2D eigenvalue weighted by molar-refractivity contribution is 0.183. The van der Waals surface area contributed by atoms with Gasteiger partial charge in [-0.15, -0.1) is 0 Å². The molecular formula is C13H21ClN4O4S. The van der Waals surface area contributed by atoms with Crippen molar-refractivity contribution in [2.45, 2.75) is 25.0 Å². The maximum Gasteiger partial charge on any atom is 0.280 e. The maximum atomic E-state index is 10.8. The summed E-state index contributed by atoms with van der Waals surface area (Å²) in [6.45, 7) is 4.52. The van der Waals surface area contributed by atoms with Crippen LogP contribution < -0.4 is 0 Å². The fourth-order valence-corrected chi connectivity index (χ4v) is 2.23. The Bertz CT molecular complexity index is 684. The molecule has 0 aliphatic carbocycles. The van der Waals surface area contributed by atoms with Crippen molar-refractivity contribution < 1.29 is 17.9 Å². The number of nitrogens with zero attached hydrogens (tertiary/aromatic N) is 4. The van der Waals surface area contributed by atoms with E-state index in [1.807, 2.05) is 23.9 Å². The Kier molecular flexibility index (Phi) is 8.24. The SMILES string of the molecule is COCCn1ccc(C)n1.COCCn1ccc(S(=O)(=O)Cl)n1. The highest BCUT2D eigenvalue weighted by Crippen LogP contribution is 2.10. The predicted molar refractivity (Wildman–Crippen MR) is 86.0 cm³/mol. The van der Waals surface area contributed by atoms with Crippen LogP contribution in [0.25, 0.3) is 0 Å². The Morgan fingerprint density at radius 1 is 1.04 bits per heavy atom. The van der Waals surface area contributed by atoms with Crippen LogP contribution in [0.5, 0.6) is 0 Å². The summed E-state index contributed by atoms with van der Waals surface area (Å²) in [4.78, 5) is 0. The molecule has 0 fully saturated rings. The van der Waals surface area contributed by atoms with Gasteiger partial charge in [0, 0.05) is 37.3 Å². The summed E-state index contributed by atoms with van der Waals surface area (Å²) in [6.07, 6.45) is 3.49. The number of ether oxygens (including phenoxy) is 2. The molecule has 2 rings (SSSR count). The van der Waals surface area contributed by atoms with Gasteiger partial charge in [-0.1, -0.05) is 0 Å². The highest BCUT2D eigenvalue weighted by molar-refractivity contribution is 8.13. The van der Waals surface area contributed by atoms with Gasteiger partial charge < -0.3 is 9.47 Å². The predicted octanol–water partition coefficient (Wildman–Crippen LogP) is 1.29. The normalized spacial score (nSPS) is 11.1. The van der Waals surface area contributed by atoms with Gasteiger partial charge in [0.25, 0.3) is 9.05 Å². The van der Waals surface area contributed by atoms with E-state index < -0.39 is 9.05 Å². The molecule has 0 amide bonds. The van der Waals surface area contributed by atoms with Crippen LogP contribution >= 0.6 is 10.7 Å². The number of aromatic nitrogens is 4. The van der Waals surface area contributed by atoms with Crippen molar-refractivity contribution in [1.82, 2.24) is 19.6 Å². The molecular weight excluding hydrogens is 344 g/mol. The largest absolute Gasteiger partial charge is 0.383 e. The second-order valence-electron chi connectivity index (χ2n) is 4.56. The number of halogens is 1. The smallest absolute Gasteiger partial charge is 0.280 e. The first-order valence-electron chi connectivity index (χ1n) is 6.83. The number of aryl methyl sites for hydroxylation is 1. The maximum absolute atomic E-state index is 10.8. The molecule has 8 nitrogen and oxygen atoms in total. The first-order chi connectivity index (χ1) is 10.9. The third-order valence-electron chi connectivity index (χ3n) is 2.69. The van der Waals surface area contributed by atoms with Crippen LogP contribution in [-0.4, -0.2) is 55.4 Å². The lowest BCUT2D eigenvalue weighted by atomic mass is 10.5. The van der Waals surface area contributed by atoms with E-state index in [0.29, 0.717) is 13.2 Å². The number of hydrogen-bond donors (Lipinski definition) is 0. The molecule has 0 radical (unpaired) electrons. The standard InChI is InChI=1S/C7H12N2O.C6H9ClN2O3S/c1-7-3-4-9(8-7)5-6-10-2;1-12-5-4-9-3-2-6(8-9)13(7,10)11/h3-4H,5-6H2,1-2H3;2-3H,4-5H2,1H3. The second-order valence-corrected chi connectivity index (χ2v) is 7.07. The van der Waals surface area contributed by atoms with Crippen LogP contribution in [0.1, 0.15) is 5.69 Å². The topological polar surface area (TPSA) is 88.2 Å². The van der Waals surface area contributed by atoms with E-state index in [1.54, 1.807) is 14.2 Å². The van der Waals surface area contributed by atoms with Crippen LogP contribution in [0.2, 0.25) is 0 Å². The molecule has 23 heavy (non-hydrogen) atoms. The third-order valence-corrected chi connectivity index (χ3v) is 3.88. The molecule has 0 aliphatic heterocycles. The number of hydrogen-bond acceptors (Lipinski definition) is 6. The Hall–Kier alpha value is -1.42. The Morgan fingerprint density at radius 3 is 1.96 bits per heavy atom. The fraction of sp³-hybridized carbons (Fsp3) is 0.538. The lowest BCUT2D eigenvalue weighted by Gasteiger charge is -1.97. The molecule has 2 aromatic rings. The number of methoxy groups -OCH3 is 2. The summed E-state index contributed by atoms with van der Waals surface area (Å²) in [5.41, 5.74) is 1.05. The first kappa shape index (κ1) is 19.6. The van der Waals surface area contributed by atoms with E-state index in [4.69, 9.17) is 20.2 Å². The summed E-state index contributed by atoms with van der Waals surface area (Å²) in [5, 5.41) is 7.79. The van der Waals surface area contributed by atoms with Gasteiger partial charge in [0.05, 0.1) is 32.0 Å². The molecule has 0 aromatic carbocycles. The van der Waals surface area contributed by atoms with Crippen molar-refractivity contribution in [2.75, 3.05) is 27.4 Å². The molecule has 0 N–H and O–H groups in total. The quantitative estimate of drug-likeness (QED) is 0.688. The van der Waals surface area contributed by atoms with Gasteiger partial charge in [-0.3, -0.25) is 9.36 Å². The number of rotatable bonds is 7. The van der Waals surface area contributed by atoms with Gasteiger partial charge in [-0.2, -0.15) is 10.2 Å². The van der Waals surface area contributed by atoms with E-state index in [9.17, 15) is 8.42 Å². The molecule has 10 heteroatoms. The molecule has 2 aromatic heterocycles. The van der Waals surface area contributed by atoms with Crippen molar-refractivity contribution in [3.8, 4) is 0 Å². The zero-order chi connectivity index (χ0) is 17.3. The summed E-state index contributed by atoms with van der Waals surface area (Å²) in [6, 6.07) is 3.33. The second kappa shape index (κ2) is 9.66. The summed E-state index contributed by atoms with van der Waals surface area (Å²) in [5.74, 6) is 0. The molecule has 0 bridgehead atoms. The van der Waals surface area contributed by atoms with Crippen molar-refractivity contribution in [1.29, 1.82) is 0 Å². The average molecular weight is 365 g/mol. The van der Waals surface area contributed by atoms with Crippen LogP contribution in [0.4, 0.5) is 0 Å². The van der Waals surface area contributed by atoms with Gasteiger partial charge in [0.2, 0.25) is 0 Å². The zero-order valence-corrected chi connectivity index (χ0v) is 14.9. The molecule has 2 heterocycles. The summed E-state index contributed by atoms with van der Waals surface area (Å²) < 4.78 is 34.6. The van der Waals surface area contributed by atoms with Crippen molar-refractivity contribution >= 4 is 19.7 Å². The Labute approximate surface area is 140 Å². The monoisotopic (exact) mass is 364 g/mol. The van der Waals surface area contributed by atoms with E-state index in [1.165, 1.54) is 16.9 Å². The molecule has 0 unspecified atom stereocenters. The lowest BCUT2D eigenvalue weighted by Crippen LogP contribution is -2.05. The Morgan fingerprint density at radius 2 is 1.57 bits per heavy atom. The minimum atomic E-state index is -3.71. The van der Waals surface area contributed by atoms with E-state index in [-0.39, 0.29) is 5.03 Å². The summed E-state index contributed by atoms with van der Waals surface area (Å²) >= 11 is 0. The highest BCUT2D eigenvalue weighted by Gasteiger charge is 2.12. The van der Waals surface area contributed by atoms with E-state index in [2.05, 4.69) is 10.2 Å². The molecule has 0 spiro atoms. The van der Waals surface area contributed by atoms with Crippen molar-refractivity contribution in [3.63, 3.8) is 0 Å². The third kappa shape index (κ3) is 7.60. The molecule has 0 saturated carbocycles. The van der Waals surface area contributed by atoms with E-state index >= 15 is 0 Å². The minimum Gasteiger partial charge on any atom is -0.383 e. The van der Waals surface area contributed by atoms with Crippen molar-refractivity contribution in [2.24, 2.45) is 0 Å². The molecule has 0 aliphatic rings. The summed E-state index contributed by atoms with van der Waals surface area (Å²) in [7, 11) is 4.61. The Balaban J connectivity index is 0.000000238. The molecule has 130 valence electrons. The van der Waals surface area contributed by atoms with Crippen molar-refractivity contribution in [3.05, 3.63) is 30.2 Å². The first-order valence-corrected chi connectivity index (χ1v) is 9.14. The van der Waals surface area contributed by atoms with E-state index in [0.717, 1.165) is 18.8 Å². The molecule has 0 saturated heterocycles. The van der Waals surface area contributed by atoms with Crippen LogP contribution in [0.3, 0.4) is 0 Å². The zero-order valence-electron chi connectivity index (χ0n) is 13.3. The van der Waals surface area contributed by atoms with Crippen LogP contribution in [0.15, 0.2) is 29.6 Å². The van der Waals surface area contributed by atoms with Gasteiger partial charge in [0.15, 0.2) is 5.03 Å². The van der Waals surface area contributed by atoms with Gasteiger partial charge >= 0.3 is 0 Å². The van der Waals surface area contributed by atoms with Gasteiger partial charge in [-0.25, -0.2) is 8.42 Å². The average Bonchev–Trinajstić information content (AvgIpc) is 3.12. The highest BCUT2D eigenvalue weighted by atomic mass is 35.7. The van der Waals surface area contributed by atoms with Crippen LogP contribution in [-0.2, 0) is 31.6 Å². The minimum absolute atomic E-state index is 0.134. The molecule has 0 atom stereocenters. The van der Waals surface area contributed by atoms with Crippen LogP contribution in [0, 0.1) is 6.92 Å². The van der Waals surface area contributed by atoms with Gasteiger partial charge in [0.1, 0.15) is 0 Å². The van der Waals surface area contributed by atoms with Gasteiger partial charge in [-0.05, 0) is 19.1 Å².